The fraction of sp³-hybridized carbons (Fsp3) is 0.846. The molecule has 6 nitrogen and oxygen atoms in total. The maximum atomic E-state index is 12.8. The van der Waals surface area contributed by atoms with Crippen LogP contribution in [0.25, 0.3) is 0 Å². The molecule has 1 aliphatic carbocycles. The third-order valence-corrected chi connectivity index (χ3v) is 5.25. The molecule has 1 aliphatic heterocycles. The lowest BCUT2D eigenvalue weighted by molar-refractivity contribution is -0.140. The van der Waals surface area contributed by atoms with Crippen molar-refractivity contribution in [2.24, 2.45) is 0 Å². The molecule has 7 heteroatoms. The number of hydrogen-bond donors (Lipinski definition) is 1. The Morgan fingerprint density at radius 1 is 1.30 bits per heavy atom. The molecule has 1 saturated heterocycles. The lowest BCUT2D eigenvalue weighted by Crippen LogP contribution is -2.57. The monoisotopic (exact) mass is 302 g/mol. The Kier molecular flexibility index (Phi) is 4.09. The number of nitrogens with zero attached hydrogens (tertiary/aromatic N) is 1. The molecule has 1 unspecified atom stereocenters. The van der Waals surface area contributed by atoms with Gasteiger partial charge in [0.15, 0.2) is 0 Å². The molecule has 114 valence electrons. The fourth-order valence-electron chi connectivity index (χ4n) is 3.25. The summed E-state index contributed by atoms with van der Waals surface area (Å²) < 4.78 is 22.9. The van der Waals surface area contributed by atoms with Gasteiger partial charge in [0.1, 0.15) is 15.4 Å². The maximum absolute atomic E-state index is 12.8. The van der Waals surface area contributed by atoms with Gasteiger partial charge in [-0.15, -0.1) is 0 Å². The van der Waals surface area contributed by atoms with Crippen molar-refractivity contribution in [3.8, 4) is 0 Å². The summed E-state index contributed by atoms with van der Waals surface area (Å²) in [5.41, 5.74) is -0.792. The minimum Gasteiger partial charge on any atom is -0.342 e. The Morgan fingerprint density at radius 2 is 1.90 bits per heavy atom. The van der Waals surface area contributed by atoms with Crippen LogP contribution in [0.3, 0.4) is 0 Å². The van der Waals surface area contributed by atoms with Gasteiger partial charge in [-0.05, 0) is 19.8 Å². The highest BCUT2D eigenvalue weighted by Gasteiger charge is 2.47. The first-order valence-corrected chi connectivity index (χ1v) is 9.09. The van der Waals surface area contributed by atoms with Crippen LogP contribution in [0.1, 0.15) is 39.0 Å². The topological polar surface area (TPSA) is 83.6 Å². The molecule has 2 amide bonds. The van der Waals surface area contributed by atoms with Crippen molar-refractivity contribution in [2.45, 2.75) is 50.6 Å². The minimum absolute atomic E-state index is 0.0665. The highest BCUT2D eigenvalue weighted by molar-refractivity contribution is 7.90. The van der Waals surface area contributed by atoms with Gasteiger partial charge >= 0.3 is 0 Å². The normalized spacial score (nSPS) is 24.6. The van der Waals surface area contributed by atoms with E-state index in [1.807, 2.05) is 0 Å². The predicted molar refractivity (Wildman–Crippen MR) is 74.8 cm³/mol. The molecular formula is C13H22N2O4S. The lowest BCUT2D eigenvalue weighted by Gasteiger charge is -2.35. The van der Waals surface area contributed by atoms with Crippen LogP contribution >= 0.6 is 0 Å². The van der Waals surface area contributed by atoms with E-state index in [0.29, 0.717) is 19.4 Å². The number of carbonyl (C=O) groups is 2. The van der Waals surface area contributed by atoms with Gasteiger partial charge in [0.05, 0.1) is 5.75 Å². The van der Waals surface area contributed by atoms with Crippen molar-refractivity contribution in [1.29, 1.82) is 0 Å². The van der Waals surface area contributed by atoms with Crippen molar-refractivity contribution in [3.05, 3.63) is 0 Å². The Bertz CT molecular complexity index is 508. The van der Waals surface area contributed by atoms with E-state index in [1.54, 1.807) is 11.8 Å². The smallest absolute Gasteiger partial charge is 0.248 e. The van der Waals surface area contributed by atoms with Crippen LogP contribution in [0.15, 0.2) is 0 Å². The number of rotatable bonds is 3. The van der Waals surface area contributed by atoms with Crippen LogP contribution in [0, 0.1) is 0 Å². The molecule has 1 spiro atoms. The molecule has 0 bridgehead atoms. The second-order valence-electron chi connectivity index (χ2n) is 6.03. The zero-order valence-electron chi connectivity index (χ0n) is 12.0. The zero-order chi connectivity index (χ0) is 15.0. The van der Waals surface area contributed by atoms with E-state index in [2.05, 4.69) is 5.32 Å². The summed E-state index contributed by atoms with van der Waals surface area (Å²) >= 11 is 0. The molecule has 20 heavy (non-hydrogen) atoms. The van der Waals surface area contributed by atoms with Crippen molar-refractivity contribution in [1.82, 2.24) is 10.2 Å². The van der Waals surface area contributed by atoms with E-state index < -0.39 is 21.4 Å². The van der Waals surface area contributed by atoms with Crippen molar-refractivity contribution in [3.63, 3.8) is 0 Å². The van der Waals surface area contributed by atoms with E-state index in [4.69, 9.17) is 0 Å². The van der Waals surface area contributed by atoms with Gasteiger partial charge in [0.25, 0.3) is 0 Å². The number of carbonyl (C=O) groups excluding carboxylic acids is 2. The first-order chi connectivity index (χ1) is 9.23. The zero-order valence-corrected chi connectivity index (χ0v) is 12.8. The standard InChI is InChI=1S/C13H22N2O4S/c1-10(9-20(2,18)19)15-8-5-11(16)14-13(12(15)17)6-3-4-7-13/h10H,3-9H2,1-2H3,(H,14,16). The second-order valence-corrected chi connectivity index (χ2v) is 8.21. The Morgan fingerprint density at radius 3 is 2.45 bits per heavy atom. The summed E-state index contributed by atoms with van der Waals surface area (Å²) in [5, 5.41) is 2.87. The van der Waals surface area contributed by atoms with Gasteiger partial charge in [-0.3, -0.25) is 9.59 Å². The summed E-state index contributed by atoms with van der Waals surface area (Å²) in [4.78, 5) is 26.2. The van der Waals surface area contributed by atoms with Gasteiger partial charge in [-0.25, -0.2) is 8.42 Å². The summed E-state index contributed by atoms with van der Waals surface area (Å²) in [6.07, 6.45) is 4.54. The van der Waals surface area contributed by atoms with Crippen molar-refractivity contribution >= 4 is 21.7 Å². The van der Waals surface area contributed by atoms with E-state index >= 15 is 0 Å². The number of amides is 2. The molecule has 2 rings (SSSR count). The van der Waals surface area contributed by atoms with E-state index in [9.17, 15) is 18.0 Å². The number of sulfone groups is 1. The van der Waals surface area contributed by atoms with Gasteiger partial charge in [-0.1, -0.05) is 12.8 Å². The van der Waals surface area contributed by atoms with Crippen LogP contribution < -0.4 is 5.32 Å². The molecule has 0 radical (unpaired) electrons. The van der Waals surface area contributed by atoms with E-state index in [-0.39, 0.29) is 24.0 Å². The van der Waals surface area contributed by atoms with Crippen LogP contribution in [0.2, 0.25) is 0 Å². The highest BCUT2D eigenvalue weighted by atomic mass is 32.2. The highest BCUT2D eigenvalue weighted by Crippen LogP contribution is 2.33. The Labute approximate surface area is 119 Å². The predicted octanol–water partition coefficient (Wildman–Crippen LogP) is 0.0808. The van der Waals surface area contributed by atoms with Gasteiger partial charge in [0.2, 0.25) is 11.8 Å². The summed E-state index contributed by atoms with van der Waals surface area (Å²) in [6.45, 7) is 2.03. The van der Waals surface area contributed by atoms with Crippen LogP contribution in [-0.2, 0) is 19.4 Å². The Balaban J connectivity index is 2.24. The van der Waals surface area contributed by atoms with E-state index in [1.165, 1.54) is 6.26 Å². The average Bonchev–Trinajstić information content (AvgIpc) is 2.71. The van der Waals surface area contributed by atoms with Crippen LogP contribution in [-0.4, -0.2) is 55.3 Å². The minimum atomic E-state index is -3.16. The molecule has 0 aromatic rings. The SMILES string of the molecule is CC(CS(C)(=O)=O)N1CCC(=O)NC2(CCCC2)C1=O. The van der Waals surface area contributed by atoms with Crippen molar-refractivity contribution in [2.75, 3.05) is 18.6 Å². The Hall–Kier alpha value is -1.11. The molecule has 0 aromatic heterocycles. The van der Waals surface area contributed by atoms with Crippen molar-refractivity contribution < 1.29 is 18.0 Å². The first kappa shape index (κ1) is 15.3. The fourth-order valence-corrected chi connectivity index (χ4v) is 4.30. The molecule has 1 N–H and O–H groups in total. The number of nitrogens with one attached hydrogen (secondary N) is 1. The quantitative estimate of drug-likeness (QED) is 0.800. The first-order valence-electron chi connectivity index (χ1n) is 7.03. The van der Waals surface area contributed by atoms with E-state index in [0.717, 1.165) is 12.8 Å². The molecular weight excluding hydrogens is 280 g/mol. The summed E-state index contributed by atoms with van der Waals surface area (Å²) in [6, 6.07) is -0.400. The molecule has 1 saturated carbocycles. The molecule has 1 atom stereocenters. The van der Waals surface area contributed by atoms with Gasteiger partial charge in [-0.2, -0.15) is 0 Å². The number of hydrogen-bond acceptors (Lipinski definition) is 4. The maximum Gasteiger partial charge on any atom is 0.248 e. The second kappa shape index (κ2) is 5.35. The molecule has 1 heterocycles. The molecule has 0 aromatic carbocycles. The lowest BCUT2D eigenvalue weighted by atomic mass is 9.95. The van der Waals surface area contributed by atoms with Gasteiger partial charge < -0.3 is 10.2 Å². The molecule has 2 fully saturated rings. The van der Waals surface area contributed by atoms with Crippen LogP contribution in [0.4, 0.5) is 0 Å². The van der Waals surface area contributed by atoms with Crippen LogP contribution in [0.5, 0.6) is 0 Å². The third kappa shape index (κ3) is 3.13. The van der Waals surface area contributed by atoms with Gasteiger partial charge in [0, 0.05) is 25.3 Å². The average molecular weight is 302 g/mol. The third-order valence-electron chi connectivity index (χ3n) is 4.16. The summed E-state index contributed by atoms with van der Waals surface area (Å²) in [5.74, 6) is -0.297. The summed E-state index contributed by atoms with van der Waals surface area (Å²) in [7, 11) is -3.16. The molecule has 2 aliphatic rings. The largest absolute Gasteiger partial charge is 0.342 e.